The second kappa shape index (κ2) is 9.09. The molecule has 0 unspecified atom stereocenters. The molecule has 0 saturated carbocycles. The second-order valence-electron chi connectivity index (χ2n) is 7.01. The van der Waals surface area contributed by atoms with Crippen LogP contribution in [0.25, 0.3) is 0 Å². The molecule has 1 amide bonds. The van der Waals surface area contributed by atoms with E-state index in [4.69, 9.17) is 27.9 Å². The summed E-state index contributed by atoms with van der Waals surface area (Å²) < 4.78 is 32.4. The first-order valence-corrected chi connectivity index (χ1v) is 11.5. The molecule has 0 aliphatic carbocycles. The van der Waals surface area contributed by atoms with E-state index < -0.39 is 10.0 Å². The van der Waals surface area contributed by atoms with Crippen molar-refractivity contribution in [2.75, 3.05) is 26.2 Å². The van der Waals surface area contributed by atoms with Gasteiger partial charge in [0.05, 0.1) is 11.9 Å². The number of rotatable bonds is 6. The SMILES string of the molecule is O=C(NC[C@H]1CCCO1)C1CCN(S(=O)(=O)Cc2c(Cl)cccc2Cl)CC1. The molecule has 1 N–H and O–H groups in total. The van der Waals surface area contributed by atoms with E-state index in [0.717, 1.165) is 19.4 Å². The minimum atomic E-state index is -3.54. The molecule has 150 valence electrons. The number of hydrogen-bond acceptors (Lipinski definition) is 4. The van der Waals surface area contributed by atoms with Gasteiger partial charge in [-0.25, -0.2) is 12.7 Å². The summed E-state index contributed by atoms with van der Waals surface area (Å²) in [5.74, 6) is -0.417. The van der Waals surface area contributed by atoms with Crippen molar-refractivity contribution in [3.05, 3.63) is 33.8 Å². The Bertz CT molecular complexity index is 753. The second-order valence-corrected chi connectivity index (χ2v) is 9.79. The van der Waals surface area contributed by atoms with Crippen LogP contribution in [0.15, 0.2) is 18.2 Å². The number of amides is 1. The average Bonchev–Trinajstić information content (AvgIpc) is 3.17. The van der Waals surface area contributed by atoms with Gasteiger partial charge in [0.2, 0.25) is 15.9 Å². The van der Waals surface area contributed by atoms with Gasteiger partial charge in [0.15, 0.2) is 0 Å². The number of benzene rings is 1. The maximum atomic E-state index is 12.7. The number of carbonyl (C=O) groups excluding carboxylic acids is 1. The van der Waals surface area contributed by atoms with Crippen molar-refractivity contribution in [1.29, 1.82) is 0 Å². The van der Waals surface area contributed by atoms with Gasteiger partial charge in [0, 0.05) is 47.8 Å². The largest absolute Gasteiger partial charge is 0.376 e. The average molecular weight is 435 g/mol. The highest BCUT2D eigenvalue weighted by Gasteiger charge is 2.32. The van der Waals surface area contributed by atoms with Gasteiger partial charge in [0.25, 0.3) is 0 Å². The number of nitrogens with one attached hydrogen (secondary N) is 1. The minimum absolute atomic E-state index is 0.0169. The van der Waals surface area contributed by atoms with Crippen LogP contribution in [0.5, 0.6) is 0 Å². The standard InChI is InChI=1S/C18H24Cl2N2O4S/c19-16-4-1-5-17(20)15(16)12-27(24,25)22-8-6-13(7-9-22)18(23)21-11-14-3-2-10-26-14/h1,4-5,13-14H,2-3,6-12H2,(H,21,23)/t14-/m1/s1. The van der Waals surface area contributed by atoms with Crippen molar-refractivity contribution in [2.24, 2.45) is 5.92 Å². The quantitative estimate of drug-likeness (QED) is 0.746. The molecule has 2 aliphatic rings. The van der Waals surface area contributed by atoms with Gasteiger partial charge in [-0.05, 0) is 37.8 Å². The van der Waals surface area contributed by atoms with E-state index in [1.807, 2.05) is 0 Å². The van der Waals surface area contributed by atoms with E-state index in [9.17, 15) is 13.2 Å². The Labute approximate surface area is 170 Å². The zero-order chi connectivity index (χ0) is 19.4. The molecule has 2 fully saturated rings. The van der Waals surface area contributed by atoms with Gasteiger partial charge < -0.3 is 10.1 Å². The van der Waals surface area contributed by atoms with Crippen LogP contribution in [0.4, 0.5) is 0 Å². The van der Waals surface area contributed by atoms with Gasteiger partial charge in [0.1, 0.15) is 0 Å². The first-order valence-electron chi connectivity index (χ1n) is 9.17. The number of carbonyl (C=O) groups is 1. The van der Waals surface area contributed by atoms with Gasteiger partial charge in [-0.1, -0.05) is 29.3 Å². The van der Waals surface area contributed by atoms with Crippen molar-refractivity contribution in [3.8, 4) is 0 Å². The number of halogens is 2. The summed E-state index contributed by atoms with van der Waals surface area (Å²) in [6.45, 7) is 1.93. The highest BCUT2D eigenvalue weighted by atomic mass is 35.5. The molecular formula is C18H24Cl2N2O4S. The first kappa shape index (κ1) is 20.9. The first-order chi connectivity index (χ1) is 12.9. The minimum Gasteiger partial charge on any atom is -0.376 e. The molecule has 6 nitrogen and oxygen atoms in total. The Kier molecular flexibility index (Phi) is 7.03. The number of nitrogens with zero attached hydrogens (tertiary/aromatic N) is 1. The van der Waals surface area contributed by atoms with E-state index in [1.165, 1.54) is 4.31 Å². The number of sulfonamides is 1. The molecule has 2 heterocycles. The van der Waals surface area contributed by atoms with Crippen LogP contribution >= 0.6 is 23.2 Å². The third-order valence-electron chi connectivity index (χ3n) is 5.13. The zero-order valence-electron chi connectivity index (χ0n) is 15.0. The lowest BCUT2D eigenvalue weighted by molar-refractivity contribution is -0.126. The van der Waals surface area contributed by atoms with Crippen molar-refractivity contribution in [1.82, 2.24) is 9.62 Å². The van der Waals surface area contributed by atoms with E-state index in [1.54, 1.807) is 18.2 Å². The van der Waals surface area contributed by atoms with Crippen molar-refractivity contribution in [3.63, 3.8) is 0 Å². The van der Waals surface area contributed by atoms with Gasteiger partial charge >= 0.3 is 0 Å². The topological polar surface area (TPSA) is 75.7 Å². The molecule has 9 heteroatoms. The van der Waals surface area contributed by atoms with Gasteiger partial charge in [-0.2, -0.15) is 0 Å². The Morgan fingerprint density at radius 3 is 2.44 bits per heavy atom. The summed E-state index contributed by atoms with van der Waals surface area (Å²) in [6.07, 6.45) is 3.13. The summed E-state index contributed by atoms with van der Waals surface area (Å²) in [5.41, 5.74) is 0.414. The summed E-state index contributed by atoms with van der Waals surface area (Å²) in [6, 6.07) is 4.94. The van der Waals surface area contributed by atoms with Crippen molar-refractivity contribution < 1.29 is 17.9 Å². The Morgan fingerprint density at radius 1 is 1.19 bits per heavy atom. The predicted octanol–water partition coefficient (Wildman–Crippen LogP) is 2.83. The monoisotopic (exact) mass is 434 g/mol. The van der Waals surface area contributed by atoms with Crippen LogP contribution in [0.1, 0.15) is 31.2 Å². The lowest BCUT2D eigenvalue weighted by atomic mass is 9.97. The lowest BCUT2D eigenvalue weighted by Crippen LogP contribution is -2.44. The number of ether oxygens (including phenoxy) is 1. The molecule has 0 spiro atoms. The van der Waals surface area contributed by atoms with E-state index in [0.29, 0.717) is 48.1 Å². The zero-order valence-corrected chi connectivity index (χ0v) is 17.3. The van der Waals surface area contributed by atoms with E-state index in [-0.39, 0.29) is 23.7 Å². The summed E-state index contributed by atoms with van der Waals surface area (Å²) >= 11 is 12.2. The molecule has 1 aromatic carbocycles. The summed E-state index contributed by atoms with van der Waals surface area (Å²) in [4.78, 5) is 12.3. The van der Waals surface area contributed by atoms with Crippen LogP contribution in [0.2, 0.25) is 10.0 Å². The Morgan fingerprint density at radius 2 is 1.85 bits per heavy atom. The number of piperidine rings is 1. The van der Waals surface area contributed by atoms with Crippen LogP contribution < -0.4 is 5.32 Å². The summed E-state index contributed by atoms with van der Waals surface area (Å²) in [7, 11) is -3.54. The fraction of sp³-hybridized carbons (Fsp3) is 0.611. The number of hydrogen-bond donors (Lipinski definition) is 1. The molecular weight excluding hydrogens is 411 g/mol. The normalized spacial score (nSPS) is 22.1. The Hall–Kier alpha value is -0.860. The lowest BCUT2D eigenvalue weighted by Gasteiger charge is -2.31. The highest BCUT2D eigenvalue weighted by molar-refractivity contribution is 7.88. The van der Waals surface area contributed by atoms with Crippen LogP contribution in [0.3, 0.4) is 0 Å². The molecule has 3 rings (SSSR count). The molecule has 0 radical (unpaired) electrons. The van der Waals surface area contributed by atoms with E-state index >= 15 is 0 Å². The van der Waals surface area contributed by atoms with E-state index in [2.05, 4.69) is 5.32 Å². The van der Waals surface area contributed by atoms with Crippen molar-refractivity contribution in [2.45, 2.75) is 37.5 Å². The van der Waals surface area contributed by atoms with Gasteiger partial charge in [-0.3, -0.25) is 4.79 Å². The molecule has 2 aliphatic heterocycles. The molecule has 0 bridgehead atoms. The molecule has 1 aromatic rings. The highest BCUT2D eigenvalue weighted by Crippen LogP contribution is 2.29. The van der Waals surface area contributed by atoms with Crippen molar-refractivity contribution >= 4 is 39.1 Å². The fourth-order valence-electron chi connectivity index (χ4n) is 3.50. The molecule has 2 saturated heterocycles. The predicted molar refractivity (Wildman–Crippen MR) is 105 cm³/mol. The third-order valence-corrected chi connectivity index (χ3v) is 7.65. The third kappa shape index (κ3) is 5.35. The Balaban J connectivity index is 1.52. The maximum absolute atomic E-state index is 12.7. The molecule has 27 heavy (non-hydrogen) atoms. The van der Waals surface area contributed by atoms with Crippen LogP contribution in [-0.4, -0.2) is 51.0 Å². The van der Waals surface area contributed by atoms with Crippen LogP contribution in [0, 0.1) is 5.92 Å². The maximum Gasteiger partial charge on any atom is 0.223 e. The molecule has 1 atom stereocenters. The van der Waals surface area contributed by atoms with Crippen LogP contribution in [-0.2, 0) is 25.3 Å². The molecule has 0 aromatic heterocycles. The fourth-order valence-corrected chi connectivity index (χ4v) is 5.82. The summed E-state index contributed by atoms with van der Waals surface area (Å²) in [5, 5.41) is 3.62. The van der Waals surface area contributed by atoms with Gasteiger partial charge in [-0.15, -0.1) is 0 Å². The smallest absolute Gasteiger partial charge is 0.223 e.